The van der Waals surface area contributed by atoms with E-state index in [1.165, 1.54) is 6.07 Å². The molecule has 2 aromatic carbocycles. The van der Waals surface area contributed by atoms with Gasteiger partial charge in [-0.3, -0.25) is 0 Å². The molecule has 21 heavy (non-hydrogen) atoms. The van der Waals surface area contributed by atoms with Gasteiger partial charge in [-0.1, -0.05) is 35.9 Å². The highest BCUT2D eigenvalue weighted by atomic mass is 35.5. The molecule has 0 aliphatic carbocycles. The van der Waals surface area contributed by atoms with E-state index in [2.05, 4.69) is 10.4 Å². The molecule has 5 heteroatoms. The Morgan fingerprint density at radius 1 is 1.05 bits per heavy atom. The van der Waals surface area contributed by atoms with E-state index in [4.69, 9.17) is 11.6 Å². The van der Waals surface area contributed by atoms with Crippen LogP contribution in [0.2, 0.25) is 5.02 Å². The molecule has 3 nitrogen and oxygen atoms in total. The number of para-hydroxylation sites is 1. The minimum absolute atomic E-state index is 0.106. The summed E-state index contributed by atoms with van der Waals surface area (Å²) < 4.78 is 15.5. The van der Waals surface area contributed by atoms with Crippen LogP contribution in [0.15, 0.2) is 60.8 Å². The monoisotopic (exact) mass is 301 g/mol. The van der Waals surface area contributed by atoms with Gasteiger partial charge in [0.15, 0.2) is 5.82 Å². The van der Waals surface area contributed by atoms with Gasteiger partial charge in [0.05, 0.1) is 28.6 Å². The molecule has 0 aliphatic rings. The zero-order chi connectivity index (χ0) is 14.7. The Bertz CT molecular complexity index is 740. The Morgan fingerprint density at radius 3 is 2.67 bits per heavy atom. The van der Waals surface area contributed by atoms with Crippen molar-refractivity contribution < 1.29 is 4.39 Å². The molecule has 0 saturated carbocycles. The Balaban J connectivity index is 1.72. The average molecular weight is 302 g/mol. The van der Waals surface area contributed by atoms with Gasteiger partial charge in [0.1, 0.15) is 0 Å². The predicted molar refractivity (Wildman–Crippen MR) is 82.3 cm³/mol. The highest BCUT2D eigenvalue weighted by molar-refractivity contribution is 6.31. The SMILES string of the molecule is Fc1c(Cl)cccc1NCc1ccn(-c2ccccc2)n1. The fourth-order valence-electron chi connectivity index (χ4n) is 2.01. The van der Waals surface area contributed by atoms with Crippen LogP contribution in [-0.4, -0.2) is 9.78 Å². The molecular formula is C16H13ClFN3. The van der Waals surface area contributed by atoms with Gasteiger partial charge in [-0.25, -0.2) is 9.07 Å². The van der Waals surface area contributed by atoms with Gasteiger partial charge in [-0.15, -0.1) is 0 Å². The minimum atomic E-state index is -0.443. The summed E-state index contributed by atoms with van der Waals surface area (Å²) in [4.78, 5) is 0. The molecule has 0 fully saturated rings. The van der Waals surface area contributed by atoms with Gasteiger partial charge in [-0.05, 0) is 30.3 Å². The van der Waals surface area contributed by atoms with E-state index in [9.17, 15) is 4.39 Å². The molecule has 3 rings (SSSR count). The average Bonchev–Trinajstić information content (AvgIpc) is 2.99. The lowest BCUT2D eigenvalue weighted by Crippen LogP contribution is -2.03. The molecule has 0 unspecified atom stereocenters. The van der Waals surface area contributed by atoms with Crippen LogP contribution in [0.5, 0.6) is 0 Å². The summed E-state index contributed by atoms with van der Waals surface area (Å²) in [5.74, 6) is -0.443. The van der Waals surface area contributed by atoms with Crippen LogP contribution >= 0.6 is 11.6 Å². The number of halogens is 2. The first kappa shape index (κ1) is 13.6. The second kappa shape index (κ2) is 5.97. The molecule has 0 bridgehead atoms. The summed E-state index contributed by atoms with van der Waals surface area (Å²) in [5, 5.41) is 7.55. The van der Waals surface area contributed by atoms with E-state index in [1.54, 1.807) is 16.8 Å². The molecule has 1 aromatic heterocycles. The summed E-state index contributed by atoms with van der Waals surface area (Å²) >= 11 is 5.74. The van der Waals surface area contributed by atoms with Crippen LogP contribution in [0.4, 0.5) is 10.1 Å². The van der Waals surface area contributed by atoms with Crippen LogP contribution in [0.3, 0.4) is 0 Å². The first-order valence-corrected chi connectivity index (χ1v) is 6.90. The van der Waals surface area contributed by atoms with Crippen molar-refractivity contribution in [3.63, 3.8) is 0 Å². The Kier molecular flexibility index (Phi) is 3.88. The van der Waals surface area contributed by atoms with Gasteiger partial charge in [0, 0.05) is 6.20 Å². The van der Waals surface area contributed by atoms with Crippen LogP contribution in [0.1, 0.15) is 5.69 Å². The first-order chi connectivity index (χ1) is 10.2. The molecular weight excluding hydrogens is 289 g/mol. The fraction of sp³-hybridized carbons (Fsp3) is 0.0625. The number of rotatable bonds is 4. The molecule has 1 N–H and O–H groups in total. The molecule has 1 heterocycles. The largest absolute Gasteiger partial charge is 0.377 e. The number of nitrogens with one attached hydrogen (secondary N) is 1. The number of anilines is 1. The van der Waals surface area contributed by atoms with E-state index in [-0.39, 0.29) is 5.02 Å². The van der Waals surface area contributed by atoms with Crippen LogP contribution in [0.25, 0.3) is 5.69 Å². The topological polar surface area (TPSA) is 29.9 Å². The third-order valence-corrected chi connectivity index (χ3v) is 3.37. The smallest absolute Gasteiger partial charge is 0.164 e. The highest BCUT2D eigenvalue weighted by Gasteiger charge is 2.06. The van der Waals surface area contributed by atoms with Crippen molar-refractivity contribution >= 4 is 17.3 Å². The van der Waals surface area contributed by atoms with Gasteiger partial charge < -0.3 is 5.32 Å². The van der Waals surface area contributed by atoms with Crippen molar-refractivity contribution in [2.24, 2.45) is 0 Å². The maximum atomic E-state index is 13.8. The predicted octanol–water partition coefficient (Wildman–Crippen LogP) is 4.28. The lowest BCUT2D eigenvalue weighted by Gasteiger charge is -2.06. The third-order valence-electron chi connectivity index (χ3n) is 3.08. The van der Waals surface area contributed by atoms with Crippen molar-refractivity contribution in [1.29, 1.82) is 0 Å². The highest BCUT2D eigenvalue weighted by Crippen LogP contribution is 2.22. The molecule has 0 atom stereocenters. The standard InChI is InChI=1S/C16H13ClFN3/c17-14-7-4-8-15(16(14)18)19-11-12-9-10-21(20-12)13-5-2-1-3-6-13/h1-10,19H,11H2. The van der Waals surface area contributed by atoms with Crippen LogP contribution < -0.4 is 5.32 Å². The Morgan fingerprint density at radius 2 is 1.86 bits per heavy atom. The summed E-state index contributed by atoms with van der Waals surface area (Å²) in [7, 11) is 0. The van der Waals surface area contributed by atoms with Gasteiger partial charge in [0.25, 0.3) is 0 Å². The van der Waals surface area contributed by atoms with Crippen molar-refractivity contribution in [3.05, 3.63) is 77.3 Å². The summed E-state index contributed by atoms with van der Waals surface area (Å²) in [5.41, 5.74) is 2.17. The zero-order valence-electron chi connectivity index (χ0n) is 11.1. The molecule has 0 aliphatic heterocycles. The van der Waals surface area contributed by atoms with E-state index < -0.39 is 5.82 Å². The van der Waals surface area contributed by atoms with E-state index >= 15 is 0 Å². The number of hydrogen-bond donors (Lipinski definition) is 1. The quantitative estimate of drug-likeness (QED) is 0.779. The van der Waals surface area contributed by atoms with Crippen molar-refractivity contribution in [3.8, 4) is 5.69 Å². The summed E-state index contributed by atoms with van der Waals surface area (Å²) in [6.45, 7) is 0.428. The van der Waals surface area contributed by atoms with Crippen molar-refractivity contribution in [2.75, 3.05) is 5.32 Å². The van der Waals surface area contributed by atoms with E-state index in [0.717, 1.165) is 11.4 Å². The van der Waals surface area contributed by atoms with Gasteiger partial charge in [0.2, 0.25) is 0 Å². The van der Waals surface area contributed by atoms with Gasteiger partial charge >= 0.3 is 0 Å². The van der Waals surface area contributed by atoms with Crippen molar-refractivity contribution in [2.45, 2.75) is 6.54 Å². The number of benzene rings is 2. The number of nitrogens with zero attached hydrogens (tertiary/aromatic N) is 2. The summed E-state index contributed by atoms with van der Waals surface area (Å²) in [6.07, 6.45) is 1.88. The third kappa shape index (κ3) is 3.06. The Labute approximate surface area is 127 Å². The van der Waals surface area contributed by atoms with Crippen LogP contribution in [-0.2, 0) is 6.54 Å². The van der Waals surface area contributed by atoms with E-state index in [0.29, 0.717) is 12.2 Å². The molecule has 0 spiro atoms. The maximum absolute atomic E-state index is 13.8. The van der Waals surface area contributed by atoms with Gasteiger partial charge in [-0.2, -0.15) is 5.10 Å². The fourth-order valence-corrected chi connectivity index (χ4v) is 2.18. The lowest BCUT2D eigenvalue weighted by atomic mass is 10.3. The normalized spacial score (nSPS) is 10.6. The zero-order valence-corrected chi connectivity index (χ0v) is 11.9. The van der Waals surface area contributed by atoms with E-state index in [1.807, 2.05) is 42.6 Å². The number of aromatic nitrogens is 2. The molecule has 0 saturated heterocycles. The first-order valence-electron chi connectivity index (χ1n) is 6.52. The molecule has 0 amide bonds. The second-order valence-corrected chi connectivity index (χ2v) is 4.95. The maximum Gasteiger partial charge on any atom is 0.164 e. The van der Waals surface area contributed by atoms with Crippen molar-refractivity contribution in [1.82, 2.24) is 9.78 Å². The summed E-state index contributed by atoms with van der Waals surface area (Å²) in [6, 6.07) is 16.6. The number of hydrogen-bond acceptors (Lipinski definition) is 2. The Hall–Kier alpha value is -2.33. The van der Waals surface area contributed by atoms with Crippen LogP contribution in [0, 0.1) is 5.82 Å². The minimum Gasteiger partial charge on any atom is -0.377 e. The molecule has 3 aromatic rings. The second-order valence-electron chi connectivity index (χ2n) is 4.54. The molecule has 106 valence electrons. The molecule has 0 radical (unpaired) electrons. The lowest BCUT2D eigenvalue weighted by molar-refractivity contribution is 0.630.